The van der Waals surface area contributed by atoms with Gasteiger partial charge in [0.2, 0.25) is 0 Å². The summed E-state index contributed by atoms with van der Waals surface area (Å²) in [5.74, 6) is -1.75. The fraction of sp³-hybridized carbons (Fsp3) is 0.318. The number of carboxylic acids is 1. The standard InChI is InChI=1S/C22H23NO4/c1-13(2)19(24)17-9-6-10-18(14(17)3)20(25)23-22(21(26)27)11-15-7-4-5-8-16(15)12-22/h4-10,13H,11-12H2,1-3H3,(H,23,25)(H,26,27). The summed E-state index contributed by atoms with van der Waals surface area (Å²) in [5, 5.41) is 12.6. The molecule has 0 bridgehead atoms. The Labute approximate surface area is 158 Å². The SMILES string of the molecule is Cc1c(C(=O)NC2(C(=O)O)Cc3ccccc3C2)cccc1C(=O)C(C)C. The molecule has 5 heteroatoms. The number of ketones is 1. The first kappa shape index (κ1) is 18.8. The van der Waals surface area contributed by atoms with E-state index in [9.17, 15) is 19.5 Å². The number of fused-ring (bicyclic) bond motifs is 1. The molecule has 0 radical (unpaired) electrons. The second kappa shape index (κ2) is 6.99. The van der Waals surface area contributed by atoms with Crippen molar-refractivity contribution >= 4 is 17.7 Å². The lowest BCUT2D eigenvalue weighted by atomic mass is 9.92. The fourth-order valence-corrected chi connectivity index (χ4v) is 3.65. The molecule has 3 rings (SSSR count). The van der Waals surface area contributed by atoms with Gasteiger partial charge in [0.15, 0.2) is 5.78 Å². The minimum atomic E-state index is -1.37. The van der Waals surface area contributed by atoms with Gasteiger partial charge in [0, 0.05) is 29.9 Å². The number of benzene rings is 2. The second-order valence-corrected chi connectivity index (χ2v) is 7.46. The monoisotopic (exact) mass is 365 g/mol. The first-order valence-corrected chi connectivity index (χ1v) is 9.01. The molecule has 0 saturated carbocycles. The van der Waals surface area contributed by atoms with Gasteiger partial charge in [-0.1, -0.05) is 50.2 Å². The summed E-state index contributed by atoms with van der Waals surface area (Å²) in [6.07, 6.45) is 0.488. The van der Waals surface area contributed by atoms with Crippen LogP contribution in [0.2, 0.25) is 0 Å². The minimum absolute atomic E-state index is 0.0385. The number of aliphatic carboxylic acids is 1. The zero-order valence-corrected chi connectivity index (χ0v) is 15.7. The van der Waals surface area contributed by atoms with Crippen molar-refractivity contribution in [2.24, 2.45) is 5.92 Å². The first-order chi connectivity index (χ1) is 12.7. The van der Waals surface area contributed by atoms with Gasteiger partial charge in [-0.05, 0) is 29.7 Å². The average Bonchev–Trinajstić information content (AvgIpc) is 3.00. The van der Waals surface area contributed by atoms with Gasteiger partial charge in [-0.15, -0.1) is 0 Å². The van der Waals surface area contributed by atoms with Crippen molar-refractivity contribution in [1.82, 2.24) is 5.32 Å². The van der Waals surface area contributed by atoms with Gasteiger partial charge in [-0.3, -0.25) is 9.59 Å². The molecule has 0 aromatic heterocycles. The lowest BCUT2D eigenvalue weighted by Crippen LogP contribution is -2.55. The average molecular weight is 365 g/mol. The highest BCUT2D eigenvalue weighted by atomic mass is 16.4. The van der Waals surface area contributed by atoms with E-state index in [2.05, 4.69) is 5.32 Å². The van der Waals surface area contributed by atoms with E-state index < -0.39 is 17.4 Å². The molecule has 0 fully saturated rings. The van der Waals surface area contributed by atoms with Crippen LogP contribution in [0.1, 0.15) is 51.3 Å². The van der Waals surface area contributed by atoms with E-state index in [1.54, 1.807) is 25.1 Å². The molecule has 2 N–H and O–H groups in total. The van der Waals surface area contributed by atoms with Crippen molar-refractivity contribution in [2.75, 3.05) is 0 Å². The molecule has 5 nitrogen and oxygen atoms in total. The summed E-state index contributed by atoms with van der Waals surface area (Å²) in [6.45, 7) is 5.34. The molecule has 2 aromatic carbocycles. The van der Waals surface area contributed by atoms with E-state index in [-0.39, 0.29) is 24.5 Å². The van der Waals surface area contributed by atoms with Crippen molar-refractivity contribution in [1.29, 1.82) is 0 Å². The summed E-state index contributed by atoms with van der Waals surface area (Å²) in [6, 6.07) is 12.5. The summed E-state index contributed by atoms with van der Waals surface area (Å²) < 4.78 is 0. The number of carbonyl (C=O) groups excluding carboxylic acids is 2. The number of nitrogens with one attached hydrogen (secondary N) is 1. The zero-order chi connectivity index (χ0) is 19.8. The zero-order valence-electron chi connectivity index (χ0n) is 15.7. The van der Waals surface area contributed by atoms with Crippen LogP contribution in [0.3, 0.4) is 0 Å². The van der Waals surface area contributed by atoms with E-state index >= 15 is 0 Å². The summed E-state index contributed by atoms with van der Waals surface area (Å²) in [4.78, 5) is 37.4. The number of carboxylic acid groups (broad SMARTS) is 1. The maximum absolute atomic E-state index is 12.9. The molecular formula is C22H23NO4. The van der Waals surface area contributed by atoms with Gasteiger partial charge in [0.1, 0.15) is 5.54 Å². The fourth-order valence-electron chi connectivity index (χ4n) is 3.65. The minimum Gasteiger partial charge on any atom is -0.479 e. The van der Waals surface area contributed by atoms with Crippen molar-refractivity contribution < 1.29 is 19.5 Å². The van der Waals surface area contributed by atoms with E-state index in [1.807, 2.05) is 38.1 Å². The first-order valence-electron chi connectivity index (χ1n) is 9.01. The predicted octanol–water partition coefficient (Wildman–Crippen LogP) is 3.19. The topological polar surface area (TPSA) is 83.5 Å². The van der Waals surface area contributed by atoms with E-state index in [1.165, 1.54) is 0 Å². The lowest BCUT2D eigenvalue weighted by molar-refractivity contribution is -0.144. The van der Waals surface area contributed by atoms with Gasteiger partial charge in [-0.25, -0.2) is 4.79 Å². The highest BCUT2D eigenvalue weighted by molar-refractivity contribution is 6.04. The van der Waals surface area contributed by atoms with Crippen molar-refractivity contribution in [3.63, 3.8) is 0 Å². The smallest absolute Gasteiger partial charge is 0.330 e. The van der Waals surface area contributed by atoms with Crippen molar-refractivity contribution in [3.05, 3.63) is 70.3 Å². The second-order valence-electron chi connectivity index (χ2n) is 7.46. The molecular weight excluding hydrogens is 342 g/mol. The number of carbonyl (C=O) groups is 3. The molecule has 27 heavy (non-hydrogen) atoms. The van der Waals surface area contributed by atoms with Crippen molar-refractivity contribution in [2.45, 2.75) is 39.2 Å². The highest BCUT2D eigenvalue weighted by Crippen LogP contribution is 2.31. The third kappa shape index (κ3) is 3.37. The van der Waals surface area contributed by atoms with Gasteiger partial charge >= 0.3 is 5.97 Å². The van der Waals surface area contributed by atoms with E-state index in [0.717, 1.165) is 11.1 Å². The molecule has 1 amide bonds. The molecule has 0 unspecified atom stereocenters. The van der Waals surface area contributed by atoms with Crippen LogP contribution >= 0.6 is 0 Å². The lowest BCUT2D eigenvalue weighted by Gasteiger charge is -2.26. The number of hydrogen-bond donors (Lipinski definition) is 2. The Morgan fingerprint density at radius 2 is 1.52 bits per heavy atom. The summed E-state index contributed by atoms with van der Waals surface area (Å²) >= 11 is 0. The molecule has 0 saturated heterocycles. The quantitative estimate of drug-likeness (QED) is 0.797. The molecule has 0 spiro atoms. The molecule has 0 atom stereocenters. The van der Waals surface area contributed by atoms with E-state index in [4.69, 9.17) is 0 Å². The third-order valence-corrected chi connectivity index (χ3v) is 5.23. The molecule has 1 aliphatic carbocycles. The Morgan fingerprint density at radius 3 is 2.04 bits per heavy atom. The Kier molecular flexibility index (Phi) is 4.87. The highest BCUT2D eigenvalue weighted by Gasteiger charge is 2.45. The molecule has 2 aromatic rings. The van der Waals surface area contributed by atoms with Crippen LogP contribution in [0, 0.1) is 12.8 Å². The third-order valence-electron chi connectivity index (χ3n) is 5.23. The summed E-state index contributed by atoms with van der Waals surface area (Å²) in [7, 11) is 0. The number of rotatable bonds is 5. The van der Waals surface area contributed by atoms with Crippen LogP contribution < -0.4 is 5.32 Å². The Balaban J connectivity index is 1.92. The van der Waals surface area contributed by atoms with Crippen LogP contribution in [0.4, 0.5) is 0 Å². The van der Waals surface area contributed by atoms with Crippen LogP contribution in [0.15, 0.2) is 42.5 Å². The van der Waals surface area contributed by atoms with Gasteiger partial charge < -0.3 is 10.4 Å². The van der Waals surface area contributed by atoms with Crippen LogP contribution in [-0.4, -0.2) is 28.3 Å². The molecule has 1 aliphatic rings. The number of Topliss-reactive ketones (excluding diaryl/α,β-unsaturated/α-hetero) is 1. The number of amides is 1. The molecule has 140 valence electrons. The van der Waals surface area contributed by atoms with Gasteiger partial charge in [-0.2, -0.15) is 0 Å². The molecule has 0 heterocycles. The largest absolute Gasteiger partial charge is 0.479 e. The maximum Gasteiger partial charge on any atom is 0.330 e. The van der Waals surface area contributed by atoms with Crippen LogP contribution in [0.25, 0.3) is 0 Å². The normalized spacial score (nSPS) is 14.7. The van der Waals surface area contributed by atoms with Gasteiger partial charge in [0.25, 0.3) is 5.91 Å². The Morgan fingerprint density at radius 1 is 0.963 bits per heavy atom. The number of hydrogen-bond acceptors (Lipinski definition) is 3. The summed E-state index contributed by atoms with van der Waals surface area (Å²) in [5.41, 5.74) is 1.89. The maximum atomic E-state index is 12.9. The van der Waals surface area contributed by atoms with Gasteiger partial charge in [0.05, 0.1) is 0 Å². The Bertz CT molecular complexity index is 905. The van der Waals surface area contributed by atoms with Crippen molar-refractivity contribution in [3.8, 4) is 0 Å². The Hall–Kier alpha value is -2.95. The van der Waals surface area contributed by atoms with Crippen LogP contribution in [-0.2, 0) is 17.6 Å². The molecule has 0 aliphatic heterocycles. The van der Waals surface area contributed by atoms with Crippen LogP contribution in [0.5, 0.6) is 0 Å². The predicted molar refractivity (Wildman–Crippen MR) is 102 cm³/mol. The van der Waals surface area contributed by atoms with E-state index in [0.29, 0.717) is 16.7 Å².